The number of halogens is 2. The van der Waals surface area contributed by atoms with Gasteiger partial charge < -0.3 is 4.74 Å². The molecule has 0 bridgehead atoms. The molecular weight excluding hydrogens is 235 g/mol. The van der Waals surface area contributed by atoms with Crippen LogP contribution in [-0.4, -0.2) is 17.7 Å². The Bertz CT molecular complexity index is 386. The Labute approximate surface area is 99.1 Å². The van der Waals surface area contributed by atoms with E-state index >= 15 is 0 Å². The first-order valence-corrected chi connectivity index (χ1v) is 5.32. The first kappa shape index (κ1) is 12.3. The second-order valence-corrected chi connectivity index (χ2v) is 4.40. The van der Waals surface area contributed by atoms with Gasteiger partial charge in [0.15, 0.2) is 10.6 Å². The maximum absolute atomic E-state index is 11.6. The van der Waals surface area contributed by atoms with Crippen molar-refractivity contribution < 1.29 is 9.53 Å². The average molecular weight is 247 g/mol. The number of ketones is 1. The number of hydrogen-bond donors (Lipinski definition) is 0. The highest BCUT2D eigenvalue weighted by Gasteiger charge is 2.19. The Morgan fingerprint density at radius 1 is 1.27 bits per heavy atom. The summed E-state index contributed by atoms with van der Waals surface area (Å²) in [4.78, 5) is 10.6. The summed E-state index contributed by atoms with van der Waals surface area (Å²) in [5, 5.41) is 0. The quantitative estimate of drug-likeness (QED) is 0.605. The second-order valence-electron chi connectivity index (χ2n) is 3.30. The van der Waals surface area contributed by atoms with Crippen LogP contribution in [0.15, 0.2) is 12.1 Å². The van der Waals surface area contributed by atoms with Gasteiger partial charge in [0.1, 0.15) is 5.75 Å². The van der Waals surface area contributed by atoms with Crippen LogP contribution in [0.3, 0.4) is 0 Å². The Hall–Kier alpha value is -0.730. The summed E-state index contributed by atoms with van der Waals surface area (Å²) in [5.41, 5.74) is 2.49. The lowest BCUT2D eigenvalue weighted by atomic mass is 10.0. The maximum Gasteiger partial charge on any atom is 0.199 e. The van der Waals surface area contributed by atoms with Crippen molar-refractivity contribution in [2.24, 2.45) is 0 Å². The van der Waals surface area contributed by atoms with Gasteiger partial charge in [-0.25, -0.2) is 0 Å². The van der Waals surface area contributed by atoms with Crippen molar-refractivity contribution in [3.05, 3.63) is 28.8 Å². The molecular formula is C11H12Cl2O2. The molecule has 0 fully saturated rings. The Morgan fingerprint density at radius 3 is 2.27 bits per heavy atom. The molecule has 2 nitrogen and oxygen atoms in total. The first-order valence-electron chi connectivity index (χ1n) is 4.45. The Kier molecular flexibility index (Phi) is 4.00. The minimum Gasteiger partial charge on any atom is -0.496 e. The van der Waals surface area contributed by atoms with E-state index in [1.165, 1.54) is 7.11 Å². The summed E-state index contributed by atoms with van der Waals surface area (Å²) in [5.74, 6) is 0.174. The van der Waals surface area contributed by atoms with Crippen LogP contribution in [0.1, 0.15) is 21.5 Å². The number of carbonyl (C=O) groups is 1. The van der Waals surface area contributed by atoms with Gasteiger partial charge in [0.2, 0.25) is 0 Å². The molecule has 82 valence electrons. The van der Waals surface area contributed by atoms with Crippen LogP contribution in [0.25, 0.3) is 0 Å². The van der Waals surface area contributed by atoms with E-state index in [0.717, 1.165) is 11.1 Å². The third kappa shape index (κ3) is 2.64. The molecule has 0 aliphatic carbocycles. The third-order valence-corrected chi connectivity index (χ3v) is 2.68. The summed E-state index contributed by atoms with van der Waals surface area (Å²) in [6.45, 7) is 3.87. The fraction of sp³-hybridized carbons (Fsp3) is 0.364. The number of ether oxygens (including phenoxy) is 1. The van der Waals surface area contributed by atoms with Crippen molar-refractivity contribution in [1.29, 1.82) is 0 Å². The average Bonchev–Trinajstić information content (AvgIpc) is 2.20. The lowest BCUT2D eigenvalue weighted by Gasteiger charge is -2.11. The number of alkyl halides is 2. The van der Waals surface area contributed by atoms with Gasteiger partial charge in [-0.15, -0.1) is 0 Å². The van der Waals surface area contributed by atoms with Crippen molar-refractivity contribution in [1.82, 2.24) is 0 Å². The maximum atomic E-state index is 11.6. The minimum atomic E-state index is -1.05. The molecule has 0 N–H and O–H groups in total. The molecule has 0 amide bonds. The van der Waals surface area contributed by atoms with Gasteiger partial charge in [0.05, 0.1) is 12.7 Å². The van der Waals surface area contributed by atoms with E-state index < -0.39 is 4.84 Å². The molecule has 1 aromatic rings. The van der Waals surface area contributed by atoms with E-state index in [1.807, 2.05) is 13.8 Å². The predicted octanol–water partition coefficient (Wildman–Crippen LogP) is 3.30. The van der Waals surface area contributed by atoms with Crippen molar-refractivity contribution in [3.8, 4) is 5.75 Å². The van der Waals surface area contributed by atoms with E-state index in [-0.39, 0.29) is 5.78 Å². The molecule has 15 heavy (non-hydrogen) atoms. The van der Waals surface area contributed by atoms with Gasteiger partial charge >= 0.3 is 0 Å². The largest absolute Gasteiger partial charge is 0.496 e. The Balaban J connectivity index is 3.27. The van der Waals surface area contributed by atoms with Gasteiger partial charge in [0, 0.05) is 0 Å². The van der Waals surface area contributed by atoms with Crippen LogP contribution in [-0.2, 0) is 0 Å². The van der Waals surface area contributed by atoms with Gasteiger partial charge in [-0.2, -0.15) is 0 Å². The molecule has 0 spiro atoms. The number of aryl methyl sites for hydroxylation is 2. The summed E-state index contributed by atoms with van der Waals surface area (Å²) >= 11 is 11.1. The van der Waals surface area contributed by atoms with E-state index in [4.69, 9.17) is 27.9 Å². The molecule has 0 aromatic heterocycles. The van der Waals surface area contributed by atoms with Crippen LogP contribution >= 0.6 is 23.2 Å². The highest BCUT2D eigenvalue weighted by Crippen LogP contribution is 2.26. The van der Waals surface area contributed by atoms with Crippen LogP contribution in [0.2, 0.25) is 0 Å². The second kappa shape index (κ2) is 4.86. The summed E-state index contributed by atoms with van der Waals surface area (Å²) in [7, 11) is 1.51. The van der Waals surface area contributed by atoms with Crippen LogP contribution in [0, 0.1) is 13.8 Å². The molecule has 4 heteroatoms. The smallest absolute Gasteiger partial charge is 0.199 e. The normalized spacial score (nSPS) is 10.5. The van der Waals surface area contributed by atoms with Crippen molar-refractivity contribution in [3.63, 3.8) is 0 Å². The van der Waals surface area contributed by atoms with Crippen LogP contribution in [0.5, 0.6) is 5.75 Å². The fourth-order valence-electron chi connectivity index (χ4n) is 1.27. The summed E-state index contributed by atoms with van der Waals surface area (Å²) < 4.78 is 5.11. The van der Waals surface area contributed by atoms with Gasteiger partial charge in [-0.05, 0) is 37.1 Å². The Morgan fingerprint density at radius 2 is 1.80 bits per heavy atom. The number of benzene rings is 1. The first-order chi connectivity index (χ1) is 6.97. The van der Waals surface area contributed by atoms with E-state index in [9.17, 15) is 4.79 Å². The topological polar surface area (TPSA) is 26.3 Å². The molecule has 1 rings (SSSR count). The van der Waals surface area contributed by atoms with E-state index in [0.29, 0.717) is 11.3 Å². The monoisotopic (exact) mass is 246 g/mol. The number of Topliss-reactive ketones (excluding diaryl/α,β-unsaturated/α-hetero) is 1. The highest BCUT2D eigenvalue weighted by molar-refractivity contribution is 6.55. The fourth-order valence-corrected chi connectivity index (χ4v) is 1.50. The number of rotatable bonds is 3. The lowest BCUT2D eigenvalue weighted by Crippen LogP contribution is -2.10. The number of methoxy groups -OCH3 is 1. The van der Waals surface area contributed by atoms with Crippen molar-refractivity contribution in [2.45, 2.75) is 18.7 Å². The predicted molar refractivity (Wildman–Crippen MR) is 62.3 cm³/mol. The van der Waals surface area contributed by atoms with Gasteiger partial charge in [-0.3, -0.25) is 4.79 Å². The standard InChI is InChI=1S/C11H12Cl2O2/c1-6-4-8(10(14)11(12)13)9(15-3)5-7(6)2/h4-5,11H,1-3H3. The molecule has 0 aliphatic heterocycles. The van der Waals surface area contributed by atoms with Crippen LogP contribution in [0.4, 0.5) is 0 Å². The van der Waals surface area contributed by atoms with Crippen molar-refractivity contribution in [2.75, 3.05) is 7.11 Å². The molecule has 0 aliphatic rings. The van der Waals surface area contributed by atoms with Gasteiger partial charge in [0.25, 0.3) is 0 Å². The molecule has 0 atom stereocenters. The van der Waals surface area contributed by atoms with Crippen LogP contribution < -0.4 is 4.74 Å². The zero-order valence-electron chi connectivity index (χ0n) is 8.80. The zero-order chi connectivity index (χ0) is 11.6. The highest BCUT2D eigenvalue weighted by atomic mass is 35.5. The lowest BCUT2D eigenvalue weighted by molar-refractivity contribution is 0.100. The zero-order valence-corrected chi connectivity index (χ0v) is 10.3. The third-order valence-electron chi connectivity index (χ3n) is 2.28. The molecule has 0 saturated carbocycles. The van der Waals surface area contributed by atoms with E-state index in [2.05, 4.69) is 0 Å². The number of hydrogen-bond acceptors (Lipinski definition) is 2. The number of carbonyl (C=O) groups excluding carboxylic acids is 1. The molecule has 1 aromatic carbocycles. The SMILES string of the molecule is COc1cc(C)c(C)cc1C(=O)C(Cl)Cl. The summed E-state index contributed by atoms with van der Waals surface area (Å²) in [6.07, 6.45) is 0. The van der Waals surface area contributed by atoms with Crippen molar-refractivity contribution >= 4 is 29.0 Å². The summed E-state index contributed by atoms with van der Waals surface area (Å²) in [6, 6.07) is 3.55. The molecule has 0 saturated heterocycles. The molecule has 0 unspecified atom stereocenters. The molecule has 0 heterocycles. The minimum absolute atomic E-state index is 0.335. The van der Waals surface area contributed by atoms with Gasteiger partial charge in [-0.1, -0.05) is 23.2 Å². The molecule has 0 radical (unpaired) electrons. The van der Waals surface area contributed by atoms with E-state index in [1.54, 1.807) is 12.1 Å².